The van der Waals surface area contributed by atoms with Crippen molar-refractivity contribution in [2.45, 2.75) is 37.1 Å². The molecule has 2 N–H and O–H groups in total. The van der Waals surface area contributed by atoms with E-state index in [4.69, 9.17) is 5.11 Å². The molecule has 1 unspecified atom stereocenters. The number of benzene rings is 1. The Kier molecular flexibility index (Phi) is 5.35. The lowest BCUT2D eigenvalue weighted by Gasteiger charge is -2.15. The average molecular weight is 285 g/mol. The predicted octanol–water partition coefficient (Wildman–Crippen LogP) is 2.15. The van der Waals surface area contributed by atoms with E-state index in [1.807, 2.05) is 6.92 Å². The molecule has 1 aromatic rings. The first-order valence-corrected chi connectivity index (χ1v) is 8.03. The van der Waals surface area contributed by atoms with Crippen molar-refractivity contribution < 1.29 is 18.3 Å². The molecule has 1 aromatic carbocycles. The maximum absolute atomic E-state index is 11.3. The number of carboxylic acid groups (broad SMARTS) is 1. The first kappa shape index (κ1) is 15.5. The average Bonchev–Trinajstić information content (AvgIpc) is 2.33. The van der Waals surface area contributed by atoms with Gasteiger partial charge in [0.2, 0.25) is 0 Å². The molecule has 1 atom stereocenters. The lowest BCUT2D eigenvalue weighted by atomic mass is 10.1. The van der Waals surface area contributed by atoms with Crippen LogP contribution in [0.15, 0.2) is 29.2 Å². The lowest BCUT2D eigenvalue weighted by Crippen LogP contribution is -2.29. The van der Waals surface area contributed by atoms with Crippen molar-refractivity contribution in [2.75, 3.05) is 11.6 Å². The van der Waals surface area contributed by atoms with E-state index in [-0.39, 0.29) is 4.90 Å². The molecule has 0 aliphatic rings. The molecule has 0 aliphatic heterocycles. The monoisotopic (exact) mass is 285 g/mol. The first-order valence-electron chi connectivity index (χ1n) is 6.14. The molecule has 0 radical (unpaired) electrons. The van der Waals surface area contributed by atoms with Gasteiger partial charge in [-0.25, -0.2) is 13.2 Å². The van der Waals surface area contributed by atoms with Gasteiger partial charge in [-0.3, -0.25) is 0 Å². The van der Waals surface area contributed by atoms with Gasteiger partial charge >= 0.3 is 5.97 Å². The van der Waals surface area contributed by atoms with Gasteiger partial charge < -0.3 is 10.4 Å². The smallest absolute Gasteiger partial charge is 0.326 e. The Balaban J connectivity index is 2.78. The Labute approximate surface area is 113 Å². The lowest BCUT2D eigenvalue weighted by molar-refractivity contribution is -0.138. The van der Waals surface area contributed by atoms with Crippen LogP contribution in [0.5, 0.6) is 0 Å². The maximum Gasteiger partial charge on any atom is 0.326 e. The van der Waals surface area contributed by atoms with Crippen LogP contribution in [-0.2, 0) is 14.6 Å². The van der Waals surface area contributed by atoms with Crippen molar-refractivity contribution in [3.05, 3.63) is 24.3 Å². The van der Waals surface area contributed by atoms with Crippen LogP contribution in [0, 0.1) is 0 Å². The molecule has 106 valence electrons. The topological polar surface area (TPSA) is 83.5 Å². The summed E-state index contributed by atoms with van der Waals surface area (Å²) < 4.78 is 22.6. The Morgan fingerprint density at radius 3 is 2.32 bits per heavy atom. The van der Waals surface area contributed by atoms with E-state index in [9.17, 15) is 13.2 Å². The highest BCUT2D eigenvalue weighted by atomic mass is 32.2. The third kappa shape index (κ3) is 4.90. The van der Waals surface area contributed by atoms with Crippen LogP contribution >= 0.6 is 0 Å². The third-order valence-electron chi connectivity index (χ3n) is 2.77. The molecule has 6 heteroatoms. The van der Waals surface area contributed by atoms with Gasteiger partial charge in [0.25, 0.3) is 0 Å². The number of hydrogen-bond donors (Lipinski definition) is 2. The van der Waals surface area contributed by atoms with Crippen molar-refractivity contribution >= 4 is 21.5 Å². The number of aliphatic carboxylic acids is 1. The minimum atomic E-state index is -3.22. The quantitative estimate of drug-likeness (QED) is 0.802. The largest absolute Gasteiger partial charge is 0.480 e. The Morgan fingerprint density at radius 1 is 1.32 bits per heavy atom. The molecule has 0 aliphatic carbocycles. The summed E-state index contributed by atoms with van der Waals surface area (Å²) in [6, 6.07) is 5.45. The van der Waals surface area contributed by atoms with Crippen LogP contribution in [0.4, 0.5) is 5.69 Å². The van der Waals surface area contributed by atoms with Gasteiger partial charge in [-0.2, -0.15) is 0 Å². The number of carboxylic acids is 1. The van der Waals surface area contributed by atoms with Crippen molar-refractivity contribution in [1.82, 2.24) is 0 Å². The van der Waals surface area contributed by atoms with Gasteiger partial charge in [0.15, 0.2) is 9.84 Å². The van der Waals surface area contributed by atoms with Crippen molar-refractivity contribution in [3.63, 3.8) is 0 Å². The van der Waals surface area contributed by atoms with Crippen LogP contribution in [-0.4, -0.2) is 31.8 Å². The van der Waals surface area contributed by atoms with E-state index >= 15 is 0 Å². The molecule has 0 saturated heterocycles. The second-order valence-corrected chi connectivity index (χ2v) is 6.49. The summed E-state index contributed by atoms with van der Waals surface area (Å²) >= 11 is 0. The van der Waals surface area contributed by atoms with E-state index in [0.717, 1.165) is 19.1 Å². The molecule has 0 fully saturated rings. The zero-order valence-electron chi connectivity index (χ0n) is 11.1. The van der Waals surface area contributed by atoms with E-state index in [1.165, 1.54) is 12.1 Å². The highest BCUT2D eigenvalue weighted by Crippen LogP contribution is 2.16. The zero-order chi connectivity index (χ0) is 14.5. The summed E-state index contributed by atoms with van der Waals surface area (Å²) in [5.74, 6) is -0.902. The van der Waals surface area contributed by atoms with E-state index in [2.05, 4.69) is 5.32 Å². The fraction of sp³-hybridized carbons (Fsp3) is 0.462. The van der Waals surface area contributed by atoms with Gasteiger partial charge in [0.05, 0.1) is 4.90 Å². The highest BCUT2D eigenvalue weighted by Gasteiger charge is 2.16. The molecule has 0 spiro atoms. The second kappa shape index (κ2) is 6.56. The fourth-order valence-electron chi connectivity index (χ4n) is 1.67. The zero-order valence-corrected chi connectivity index (χ0v) is 11.9. The summed E-state index contributed by atoms with van der Waals surface area (Å²) in [6.07, 6.45) is 3.43. The number of unbranched alkanes of at least 4 members (excludes halogenated alkanes) is 1. The molecule has 0 bridgehead atoms. The van der Waals surface area contributed by atoms with Crippen LogP contribution in [0.25, 0.3) is 0 Å². The Hall–Kier alpha value is -1.56. The predicted molar refractivity (Wildman–Crippen MR) is 74.1 cm³/mol. The van der Waals surface area contributed by atoms with Gasteiger partial charge in [-0.05, 0) is 30.7 Å². The number of rotatable bonds is 7. The number of carbonyl (C=O) groups is 1. The Morgan fingerprint density at radius 2 is 1.89 bits per heavy atom. The number of sulfone groups is 1. The number of nitrogens with one attached hydrogen (secondary N) is 1. The number of anilines is 1. The third-order valence-corrected chi connectivity index (χ3v) is 3.90. The van der Waals surface area contributed by atoms with E-state index in [0.29, 0.717) is 12.1 Å². The first-order chi connectivity index (χ1) is 8.84. The Bertz CT molecular complexity index is 522. The van der Waals surface area contributed by atoms with Crippen LogP contribution in [0.1, 0.15) is 26.2 Å². The van der Waals surface area contributed by atoms with Gasteiger partial charge in [-0.1, -0.05) is 19.8 Å². The van der Waals surface area contributed by atoms with Crippen molar-refractivity contribution in [3.8, 4) is 0 Å². The van der Waals surface area contributed by atoms with Crippen molar-refractivity contribution in [1.29, 1.82) is 0 Å². The summed E-state index contributed by atoms with van der Waals surface area (Å²) in [5, 5.41) is 12.0. The minimum Gasteiger partial charge on any atom is -0.480 e. The summed E-state index contributed by atoms with van der Waals surface area (Å²) in [5.41, 5.74) is 0.607. The van der Waals surface area contributed by atoms with E-state index in [1.54, 1.807) is 12.1 Å². The maximum atomic E-state index is 11.3. The molecular weight excluding hydrogens is 266 g/mol. The molecule has 0 heterocycles. The molecule has 5 nitrogen and oxygen atoms in total. The van der Waals surface area contributed by atoms with Gasteiger partial charge in [-0.15, -0.1) is 0 Å². The standard InChI is InChI=1S/C13H19NO4S/c1-3-4-5-12(13(15)16)14-10-6-8-11(9-7-10)19(2,17)18/h6-9,12,14H,3-5H2,1-2H3,(H,15,16). The van der Waals surface area contributed by atoms with Crippen LogP contribution in [0.3, 0.4) is 0 Å². The normalized spacial score (nSPS) is 12.9. The van der Waals surface area contributed by atoms with Crippen molar-refractivity contribution in [2.24, 2.45) is 0 Å². The summed E-state index contributed by atoms with van der Waals surface area (Å²) in [6.45, 7) is 2.00. The molecular formula is C13H19NO4S. The molecule has 0 amide bonds. The molecule has 0 saturated carbocycles. The van der Waals surface area contributed by atoms with Gasteiger partial charge in [0.1, 0.15) is 6.04 Å². The molecule has 1 rings (SSSR count). The van der Waals surface area contributed by atoms with Crippen LogP contribution < -0.4 is 5.32 Å². The summed E-state index contributed by atoms with van der Waals surface area (Å²) in [7, 11) is -3.22. The van der Waals surface area contributed by atoms with Gasteiger partial charge in [0, 0.05) is 11.9 Å². The minimum absolute atomic E-state index is 0.221. The van der Waals surface area contributed by atoms with E-state index < -0.39 is 21.8 Å². The SMILES string of the molecule is CCCCC(Nc1ccc(S(C)(=O)=O)cc1)C(=O)O. The fourth-order valence-corrected chi connectivity index (χ4v) is 2.30. The van der Waals surface area contributed by atoms with Crippen LogP contribution in [0.2, 0.25) is 0 Å². The highest BCUT2D eigenvalue weighted by molar-refractivity contribution is 7.90. The molecule has 0 aromatic heterocycles. The number of hydrogen-bond acceptors (Lipinski definition) is 4. The summed E-state index contributed by atoms with van der Waals surface area (Å²) in [4.78, 5) is 11.3. The second-order valence-electron chi connectivity index (χ2n) is 4.47. The molecule has 19 heavy (non-hydrogen) atoms.